The number of rotatable bonds is 4. The van der Waals surface area contributed by atoms with Crippen molar-refractivity contribution in [1.82, 2.24) is 0 Å². The minimum atomic E-state index is -0.542. The highest BCUT2D eigenvalue weighted by atomic mass is 35.5. The number of ether oxygens (including phenoxy) is 2. The molecular weight excluding hydrogens is 390 g/mol. The van der Waals surface area contributed by atoms with E-state index in [1.165, 1.54) is 0 Å². The standard InChI is InChI=1S/C23H14ClNO4/c24-18-8-4-7-17(14-18)21-25-20(23(27)29-21)13-15-9-11-19(12-10-15)28-22(26)16-5-2-1-3-6-16/h1-14H. The molecule has 0 saturated carbocycles. The van der Waals surface area contributed by atoms with Gasteiger partial charge in [-0.25, -0.2) is 14.6 Å². The van der Waals surface area contributed by atoms with Crippen molar-refractivity contribution in [2.75, 3.05) is 0 Å². The molecule has 142 valence electrons. The third-order valence-electron chi connectivity index (χ3n) is 4.10. The summed E-state index contributed by atoms with van der Waals surface area (Å²) in [4.78, 5) is 28.5. The third-order valence-corrected chi connectivity index (χ3v) is 4.33. The van der Waals surface area contributed by atoms with Crippen molar-refractivity contribution in [3.8, 4) is 5.75 Å². The molecule has 3 aromatic carbocycles. The summed E-state index contributed by atoms with van der Waals surface area (Å²) in [6, 6.07) is 22.4. The van der Waals surface area contributed by atoms with Crippen LogP contribution in [0.4, 0.5) is 0 Å². The molecule has 0 aliphatic carbocycles. The van der Waals surface area contributed by atoms with Crippen LogP contribution in [-0.2, 0) is 9.53 Å². The van der Waals surface area contributed by atoms with E-state index in [-0.39, 0.29) is 11.6 Å². The van der Waals surface area contributed by atoms with Crippen molar-refractivity contribution < 1.29 is 19.1 Å². The molecule has 0 aromatic heterocycles. The Morgan fingerprint density at radius 2 is 1.72 bits per heavy atom. The van der Waals surface area contributed by atoms with Gasteiger partial charge in [0.2, 0.25) is 5.90 Å². The van der Waals surface area contributed by atoms with Crippen LogP contribution in [0.25, 0.3) is 6.08 Å². The molecule has 1 aliphatic heterocycles. The molecule has 3 aromatic rings. The molecular formula is C23H14ClNO4. The van der Waals surface area contributed by atoms with Crippen molar-refractivity contribution in [3.05, 3.63) is 106 Å². The Hall–Kier alpha value is -3.70. The molecule has 1 heterocycles. The summed E-state index contributed by atoms with van der Waals surface area (Å²) < 4.78 is 10.6. The van der Waals surface area contributed by atoms with Gasteiger partial charge in [-0.3, -0.25) is 0 Å². The molecule has 0 saturated heterocycles. The first-order chi connectivity index (χ1) is 14.1. The van der Waals surface area contributed by atoms with Crippen LogP contribution >= 0.6 is 11.6 Å². The first kappa shape index (κ1) is 18.7. The van der Waals surface area contributed by atoms with Crippen LogP contribution in [0.3, 0.4) is 0 Å². The molecule has 29 heavy (non-hydrogen) atoms. The summed E-state index contributed by atoms with van der Waals surface area (Å²) >= 11 is 5.97. The van der Waals surface area contributed by atoms with Gasteiger partial charge in [0.05, 0.1) is 5.56 Å². The van der Waals surface area contributed by atoms with Gasteiger partial charge in [-0.2, -0.15) is 0 Å². The number of carbonyl (C=O) groups excluding carboxylic acids is 2. The second kappa shape index (κ2) is 8.12. The lowest BCUT2D eigenvalue weighted by Crippen LogP contribution is -2.07. The summed E-state index contributed by atoms with van der Waals surface area (Å²) in [6.45, 7) is 0. The molecule has 0 amide bonds. The molecule has 0 fully saturated rings. The third kappa shape index (κ3) is 4.42. The minimum absolute atomic E-state index is 0.175. The summed E-state index contributed by atoms with van der Waals surface area (Å²) in [6.07, 6.45) is 1.60. The fourth-order valence-corrected chi connectivity index (χ4v) is 2.87. The Bertz CT molecular complexity index is 1140. The van der Waals surface area contributed by atoms with Crippen LogP contribution in [0, 0.1) is 0 Å². The average Bonchev–Trinajstić information content (AvgIpc) is 3.10. The lowest BCUT2D eigenvalue weighted by molar-refractivity contribution is -0.129. The van der Waals surface area contributed by atoms with Crippen LogP contribution in [-0.4, -0.2) is 17.8 Å². The van der Waals surface area contributed by atoms with Crippen LogP contribution in [0.5, 0.6) is 5.75 Å². The number of hydrogen-bond acceptors (Lipinski definition) is 5. The molecule has 1 aliphatic rings. The van der Waals surface area contributed by atoms with Gasteiger partial charge in [0.1, 0.15) is 5.75 Å². The Balaban J connectivity index is 1.50. The van der Waals surface area contributed by atoms with Gasteiger partial charge in [0, 0.05) is 10.6 Å². The zero-order valence-corrected chi connectivity index (χ0v) is 15.8. The van der Waals surface area contributed by atoms with E-state index in [1.807, 2.05) is 6.07 Å². The smallest absolute Gasteiger partial charge is 0.363 e. The van der Waals surface area contributed by atoms with Crippen LogP contribution in [0.2, 0.25) is 5.02 Å². The number of cyclic esters (lactones) is 1. The van der Waals surface area contributed by atoms with E-state index in [1.54, 1.807) is 78.9 Å². The number of aliphatic imine (C=N–C) groups is 1. The lowest BCUT2D eigenvalue weighted by Gasteiger charge is -2.04. The first-order valence-electron chi connectivity index (χ1n) is 8.74. The molecule has 0 unspecified atom stereocenters. The van der Waals surface area contributed by atoms with Gasteiger partial charge >= 0.3 is 11.9 Å². The van der Waals surface area contributed by atoms with Crippen LogP contribution in [0.1, 0.15) is 21.5 Å². The van der Waals surface area contributed by atoms with Crippen molar-refractivity contribution in [2.45, 2.75) is 0 Å². The Kier molecular flexibility index (Phi) is 5.22. The van der Waals surface area contributed by atoms with E-state index in [9.17, 15) is 9.59 Å². The summed E-state index contributed by atoms with van der Waals surface area (Å²) in [7, 11) is 0. The maximum Gasteiger partial charge on any atom is 0.363 e. The second-order valence-electron chi connectivity index (χ2n) is 6.17. The van der Waals surface area contributed by atoms with E-state index in [0.29, 0.717) is 27.5 Å². The van der Waals surface area contributed by atoms with E-state index in [0.717, 1.165) is 0 Å². The van der Waals surface area contributed by atoms with Crippen molar-refractivity contribution in [3.63, 3.8) is 0 Å². The predicted molar refractivity (Wildman–Crippen MR) is 110 cm³/mol. The fraction of sp³-hybridized carbons (Fsp3) is 0. The van der Waals surface area contributed by atoms with Crippen LogP contribution < -0.4 is 4.74 Å². The van der Waals surface area contributed by atoms with Gasteiger partial charge in [0.25, 0.3) is 0 Å². The van der Waals surface area contributed by atoms with Gasteiger partial charge in [-0.05, 0) is 54.1 Å². The summed E-state index contributed by atoms with van der Waals surface area (Å²) in [5.74, 6) is -0.373. The molecule has 4 rings (SSSR count). The van der Waals surface area contributed by atoms with Crippen molar-refractivity contribution >= 4 is 35.5 Å². The monoisotopic (exact) mass is 403 g/mol. The zero-order chi connectivity index (χ0) is 20.2. The Morgan fingerprint density at radius 1 is 0.966 bits per heavy atom. The largest absolute Gasteiger partial charge is 0.423 e. The first-order valence-corrected chi connectivity index (χ1v) is 9.12. The SMILES string of the molecule is O=C1OC(c2cccc(Cl)c2)=NC1=Cc1ccc(OC(=O)c2ccccc2)cc1. The molecule has 0 atom stereocenters. The van der Waals surface area contributed by atoms with E-state index < -0.39 is 11.9 Å². The van der Waals surface area contributed by atoms with Crippen LogP contribution in [0.15, 0.2) is 89.6 Å². The highest BCUT2D eigenvalue weighted by molar-refractivity contribution is 6.31. The average molecular weight is 404 g/mol. The van der Waals surface area contributed by atoms with Gasteiger partial charge < -0.3 is 9.47 Å². The number of halogens is 1. The second-order valence-corrected chi connectivity index (χ2v) is 6.61. The van der Waals surface area contributed by atoms with Gasteiger partial charge in [0.15, 0.2) is 5.70 Å². The highest BCUT2D eigenvalue weighted by Crippen LogP contribution is 2.22. The fourth-order valence-electron chi connectivity index (χ4n) is 2.68. The van der Waals surface area contributed by atoms with Gasteiger partial charge in [-0.15, -0.1) is 0 Å². The van der Waals surface area contributed by atoms with E-state index in [2.05, 4.69) is 4.99 Å². The number of carbonyl (C=O) groups is 2. The molecule has 0 N–H and O–H groups in total. The molecule has 0 bridgehead atoms. The molecule has 5 nitrogen and oxygen atoms in total. The van der Waals surface area contributed by atoms with Crippen molar-refractivity contribution in [1.29, 1.82) is 0 Å². The maximum atomic E-state index is 12.1. The maximum absolute atomic E-state index is 12.1. The minimum Gasteiger partial charge on any atom is -0.423 e. The molecule has 6 heteroatoms. The van der Waals surface area contributed by atoms with E-state index in [4.69, 9.17) is 21.1 Å². The normalized spacial score (nSPS) is 14.4. The van der Waals surface area contributed by atoms with Gasteiger partial charge in [-0.1, -0.05) is 48.0 Å². The molecule has 0 spiro atoms. The number of hydrogen-bond donors (Lipinski definition) is 0. The Morgan fingerprint density at radius 3 is 2.45 bits per heavy atom. The summed E-state index contributed by atoms with van der Waals surface area (Å²) in [5.41, 5.74) is 1.98. The lowest BCUT2D eigenvalue weighted by atomic mass is 10.2. The number of benzene rings is 3. The topological polar surface area (TPSA) is 65.0 Å². The number of esters is 2. The quantitative estimate of drug-likeness (QED) is 0.353. The molecule has 0 radical (unpaired) electrons. The number of nitrogens with zero attached hydrogens (tertiary/aromatic N) is 1. The Labute approximate surface area is 171 Å². The van der Waals surface area contributed by atoms with Crippen molar-refractivity contribution in [2.24, 2.45) is 4.99 Å². The zero-order valence-electron chi connectivity index (χ0n) is 15.0. The van der Waals surface area contributed by atoms with E-state index >= 15 is 0 Å². The highest BCUT2D eigenvalue weighted by Gasteiger charge is 2.24. The predicted octanol–water partition coefficient (Wildman–Crippen LogP) is 4.90. The summed E-state index contributed by atoms with van der Waals surface area (Å²) in [5, 5.41) is 0.527.